The van der Waals surface area contributed by atoms with Gasteiger partial charge in [-0.15, -0.1) is 0 Å². The van der Waals surface area contributed by atoms with Crippen LogP contribution in [-0.4, -0.2) is 36.1 Å². The third kappa shape index (κ3) is 5.24. The molecule has 0 unspecified atom stereocenters. The van der Waals surface area contributed by atoms with E-state index in [1.807, 2.05) is 18.3 Å². The molecule has 0 radical (unpaired) electrons. The minimum absolute atomic E-state index is 0.874. The highest BCUT2D eigenvalue weighted by Gasteiger charge is 1.97. The Morgan fingerprint density at radius 1 is 1.25 bits per heavy atom. The molecule has 16 heavy (non-hydrogen) atoms. The molecule has 90 valence electrons. The highest BCUT2D eigenvalue weighted by molar-refractivity contribution is 5.02. The zero-order valence-corrected chi connectivity index (χ0v) is 10.4. The van der Waals surface area contributed by atoms with Crippen molar-refractivity contribution in [3.8, 4) is 0 Å². The van der Waals surface area contributed by atoms with Crippen molar-refractivity contribution < 1.29 is 0 Å². The molecule has 0 aliphatic carbocycles. The normalized spacial score (nSPS) is 10.9. The summed E-state index contributed by atoms with van der Waals surface area (Å²) in [6.07, 6.45) is 3.04. The van der Waals surface area contributed by atoms with Gasteiger partial charge in [-0.05, 0) is 44.7 Å². The number of aromatic nitrogens is 1. The second kappa shape index (κ2) is 8.25. The van der Waals surface area contributed by atoms with E-state index in [1.54, 1.807) is 0 Å². The van der Waals surface area contributed by atoms with Gasteiger partial charge >= 0.3 is 0 Å². The van der Waals surface area contributed by atoms with E-state index in [9.17, 15) is 0 Å². The molecule has 1 N–H and O–H groups in total. The van der Waals surface area contributed by atoms with Crippen molar-refractivity contribution >= 4 is 0 Å². The first kappa shape index (κ1) is 13.1. The molecule has 0 saturated carbocycles. The van der Waals surface area contributed by atoms with E-state index in [0.29, 0.717) is 0 Å². The summed E-state index contributed by atoms with van der Waals surface area (Å²) in [6, 6.07) is 6.03. The number of rotatable bonds is 8. The van der Waals surface area contributed by atoms with E-state index in [-0.39, 0.29) is 0 Å². The van der Waals surface area contributed by atoms with E-state index in [1.165, 1.54) is 13.0 Å². The molecule has 1 aromatic rings. The Morgan fingerprint density at radius 3 is 2.69 bits per heavy atom. The maximum atomic E-state index is 4.27. The molecule has 0 amide bonds. The minimum Gasteiger partial charge on any atom is -0.311 e. The molecule has 3 nitrogen and oxygen atoms in total. The number of hydrogen-bond donors (Lipinski definition) is 1. The van der Waals surface area contributed by atoms with Crippen LogP contribution in [0.25, 0.3) is 0 Å². The maximum Gasteiger partial charge on any atom is 0.0541 e. The van der Waals surface area contributed by atoms with Gasteiger partial charge in [0, 0.05) is 12.7 Å². The van der Waals surface area contributed by atoms with Crippen LogP contribution in [-0.2, 0) is 6.54 Å². The zero-order valence-electron chi connectivity index (χ0n) is 10.4. The van der Waals surface area contributed by atoms with Crippen molar-refractivity contribution in [1.29, 1.82) is 0 Å². The van der Waals surface area contributed by atoms with Crippen LogP contribution in [0.15, 0.2) is 24.4 Å². The van der Waals surface area contributed by atoms with Gasteiger partial charge in [0.2, 0.25) is 0 Å². The predicted octanol–water partition coefficient (Wildman–Crippen LogP) is 1.90. The van der Waals surface area contributed by atoms with Gasteiger partial charge in [0.05, 0.1) is 5.69 Å². The summed E-state index contributed by atoms with van der Waals surface area (Å²) in [4.78, 5) is 6.72. The lowest BCUT2D eigenvalue weighted by molar-refractivity contribution is 0.298. The van der Waals surface area contributed by atoms with Gasteiger partial charge in [0.25, 0.3) is 0 Å². The molecule has 0 aliphatic heterocycles. The molecule has 1 heterocycles. The topological polar surface area (TPSA) is 28.2 Å². The molecule has 0 atom stereocenters. The Kier molecular flexibility index (Phi) is 6.77. The molecule has 1 rings (SSSR count). The largest absolute Gasteiger partial charge is 0.311 e. The number of hydrogen-bond acceptors (Lipinski definition) is 3. The van der Waals surface area contributed by atoms with Crippen LogP contribution in [0.5, 0.6) is 0 Å². The first-order valence-electron chi connectivity index (χ1n) is 6.19. The van der Waals surface area contributed by atoms with Crippen LogP contribution in [0.2, 0.25) is 0 Å². The van der Waals surface area contributed by atoms with Gasteiger partial charge in [-0.3, -0.25) is 4.98 Å². The number of nitrogens with zero attached hydrogens (tertiary/aromatic N) is 2. The fourth-order valence-corrected chi connectivity index (χ4v) is 1.69. The average molecular weight is 221 g/mol. The Balaban J connectivity index is 2.04. The van der Waals surface area contributed by atoms with Crippen molar-refractivity contribution in [2.45, 2.75) is 26.8 Å². The lowest BCUT2D eigenvalue weighted by Gasteiger charge is -2.17. The fourth-order valence-electron chi connectivity index (χ4n) is 1.69. The number of nitrogens with one attached hydrogen (secondary N) is 1. The molecule has 0 aliphatic rings. The van der Waals surface area contributed by atoms with Gasteiger partial charge in [-0.2, -0.15) is 0 Å². The summed E-state index contributed by atoms with van der Waals surface area (Å²) in [5.74, 6) is 0. The molecule has 0 aromatic carbocycles. The molecular formula is C13H23N3. The van der Waals surface area contributed by atoms with E-state index in [2.05, 4.69) is 35.1 Å². The molecular weight excluding hydrogens is 198 g/mol. The van der Waals surface area contributed by atoms with E-state index >= 15 is 0 Å². The van der Waals surface area contributed by atoms with Gasteiger partial charge in [-0.25, -0.2) is 0 Å². The second-order valence-corrected chi connectivity index (χ2v) is 3.88. The summed E-state index contributed by atoms with van der Waals surface area (Å²) < 4.78 is 0. The van der Waals surface area contributed by atoms with Gasteiger partial charge in [0.1, 0.15) is 0 Å². The summed E-state index contributed by atoms with van der Waals surface area (Å²) >= 11 is 0. The third-order valence-electron chi connectivity index (χ3n) is 2.75. The molecule has 0 fully saturated rings. The van der Waals surface area contributed by atoms with Crippen molar-refractivity contribution in [2.24, 2.45) is 0 Å². The molecule has 1 aromatic heterocycles. The standard InChI is InChI=1S/C13H23N3/c1-3-16(4-2)11-7-9-14-12-13-8-5-6-10-15-13/h5-6,8,10,14H,3-4,7,9,11-12H2,1-2H3. The van der Waals surface area contributed by atoms with E-state index in [4.69, 9.17) is 0 Å². The predicted molar refractivity (Wildman–Crippen MR) is 68.3 cm³/mol. The van der Waals surface area contributed by atoms with Gasteiger partial charge in [-0.1, -0.05) is 19.9 Å². The SMILES string of the molecule is CCN(CC)CCCNCc1ccccn1. The summed E-state index contributed by atoms with van der Waals surface area (Å²) in [6.45, 7) is 9.84. The number of pyridine rings is 1. The Bertz CT molecular complexity index is 257. The van der Waals surface area contributed by atoms with Crippen molar-refractivity contribution in [3.05, 3.63) is 30.1 Å². The highest BCUT2D eigenvalue weighted by atomic mass is 15.1. The Morgan fingerprint density at radius 2 is 2.06 bits per heavy atom. The monoisotopic (exact) mass is 221 g/mol. The van der Waals surface area contributed by atoms with Crippen LogP contribution < -0.4 is 5.32 Å². The van der Waals surface area contributed by atoms with Gasteiger partial charge in [0.15, 0.2) is 0 Å². The first-order chi connectivity index (χ1) is 7.86. The van der Waals surface area contributed by atoms with Crippen LogP contribution in [0, 0.1) is 0 Å². The van der Waals surface area contributed by atoms with Crippen molar-refractivity contribution in [1.82, 2.24) is 15.2 Å². The summed E-state index contributed by atoms with van der Waals surface area (Å²) in [5, 5.41) is 3.42. The Hall–Kier alpha value is -0.930. The molecule has 0 saturated heterocycles. The Labute approximate surface area is 98.9 Å². The van der Waals surface area contributed by atoms with Crippen molar-refractivity contribution in [2.75, 3.05) is 26.2 Å². The molecule has 0 bridgehead atoms. The van der Waals surface area contributed by atoms with E-state index < -0.39 is 0 Å². The quantitative estimate of drug-likeness (QED) is 0.680. The lowest BCUT2D eigenvalue weighted by Crippen LogP contribution is -2.27. The minimum atomic E-state index is 0.874. The fraction of sp³-hybridized carbons (Fsp3) is 0.615. The molecule has 0 spiro atoms. The van der Waals surface area contributed by atoms with Crippen LogP contribution >= 0.6 is 0 Å². The summed E-state index contributed by atoms with van der Waals surface area (Å²) in [7, 11) is 0. The van der Waals surface area contributed by atoms with Crippen molar-refractivity contribution in [3.63, 3.8) is 0 Å². The smallest absolute Gasteiger partial charge is 0.0541 e. The first-order valence-corrected chi connectivity index (χ1v) is 6.19. The average Bonchev–Trinajstić information content (AvgIpc) is 2.35. The third-order valence-corrected chi connectivity index (χ3v) is 2.75. The second-order valence-electron chi connectivity index (χ2n) is 3.88. The zero-order chi connectivity index (χ0) is 11.6. The molecule has 3 heteroatoms. The van der Waals surface area contributed by atoms with Gasteiger partial charge < -0.3 is 10.2 Å². The van der Waals surface area contributed by atoms with Crippen LogP contribution in [0.1, 0.15) is 26.0 Å². The summed E-state index contributed by atoms with van der Waals surface area (Å²) in [5.41, 5.74) is 1.12. The maximum absolute atomic E-state index is 4.27. The lowest BCUT2D eigenvalue weighted by atomic mass is 10.3. The van der Waals surface area contributed by atoms with Crippen LogP contribution in [0.4, 0.5) is 0 Å². The highest BCUT2D eigenvalue weighted by Crippen LogP contribution is 1.93. The van der Waals surface area contributed by atoms with E-state index in [0.717, 1.165) is 31.9 Å². The van der Waals surface area contributed by atoms with Crippen LogP contribution in [0.3, 0.4) is 0 Å².